The maximum absolute atomic E-state index is 11.9. The highest BCUT2D eigenvalue weighted by Crippen LogP contribution is 2.20. The fourth-order valence-electron chi connectivity index (χ4n) is 2.30. The molecule has 4 N–H and O–H groups in total. The van der Waals surface area contributed by atoms with E-state index in [0.29, 0.717) is 17.8 Å². The van der Waals surface area contributed by atoms with Crippen LogP contribution in [-0.2, 0) is 6.42 Å². The van der Waals surface area contributed by atoms with Crippen LogP contribution in [0, 0.1) is 0 Å². The summed E-state index contributed by atoms with van der Waals surface area (Å²) in [5.74, 6) is 1.42. The molecule has 0 aromatic carbocycles. The highest BCUT2D eigenvalue weighted by atomic mass is 16.1. The van der Waals surface area contributed by atoms with Gasteiger partial charge in [0, 0.05) is 12.5 Å². The number of H-pyrrole nitrogens is 1. The molecular formula is C12H20N4O. The van der Waals surface area contributed by atoms with E-state index in [0.717, 1.165) is 38.2 Å². The van der Waals surface area contributed by atoms with E-state index in [9.17, 15) is 4.79 Å². The summed E-state index contributed by atoms with van der Waals surface area (Å²) in [5, 5.41) is 3.31. The molecule has 1 aliphatic heterocycles. The van der Waals surface area contributed by atoms with Crippen molar-refractivity contribution in [1.82, 2.24) is 15.3 Å². The van der Waals surface area contributed by atoms with Crippen molar-refractivity contribution >= 4 is 5.82 Å². The molecule has 0 amide bonds. The molecule has 2 rings (SSSR count). The Balaban J connectivity index is 2.27. The van der Waals surface area contributed by atoms with Crippen LogP contribution in [0.15, 0.2) is 4.79 Å². The molecule has 0 spiro atoms. The van der Waals surface area contributed by atoms with Crippen LogP contribution in [0.3, 0.4) is 0 Å². The van der Waals surface area contributed by atoms with Crippen molar-refractivity contribution in [1.29, 1.82) is 0 Å². The average molecular weight is 236 g/mol. The quantitative estimate of drug-likeness (QED) is 0.724. The van der Waals surface area contributed by atoms with Crippen LogP contribution in [0.4, 0.5) is 5.82 Å². The van der Waals surface area contributed by atoms with E-state index in [4.69, 9.17) is 5.73 Å². The number of hydrogen-bond acceptors (Lipinski definition) is 4. The van der Waals surface area contributed by atoms with Crippen molar-refractivity contribution in [2.75, 3.05) is 18.8 Å². The number of nitrogens with one attached hydrogen (secondary N) is 2. The molecule has 0 bridgehead atoms. The molecule has 0 aliphatic carbocycles. The number of aromatic amines is 1. The van der Waals surface area contributed by atoms with Gasteiger partial charge in [-0.25, -0.2) is 4.98 Å². The first kappa shape index (κ1) is 12.1. The number of piperidine rings is 1. The molecule has 1 fully saturated rings. The van der Waals surface area contributed by atoms with Crippen LogP contribution in [0.2, 0.25) is 0 Å². The molecule has 0 radical (unpaired) electrons. The highest BCUT2D eigenvalue weighted by Gasteiger charge is 2.19. The molecule has 5 nitrogen and oxygen atoms in total. The van der Waals surface area contributed by atoms with Gasteiger partial charge in [0.2, 0.25) is 0 Å². The van der Waals surface area contributed by atoms with Gasteiger partial charge < -0.3 is 16.0 Å². The number of rotatable bonds is 3. The van der Waals surface area contributed by atoms with E-state index in [2.05, 4.69) is 15.3 Å². The molecule has 1 unspecified atom stereocenters. The van der Waals surface area contributed by atoms with Crippen molar-refractivity contribution in [3.05, 3.63) is 21.7 Å². The van der Waals surface area contributed by atoms with E-state index in [1.54, 1.807) is 0 Å². The highest BCUT2D eigenvalue weighted by molar-refractivity contribution is 5.38. The third kappa shape index (κ3) is 2.66. The first-order valence-corrected chi connectivity index (χ1v) is 6.31. The maximum Gasteiger partial charge on any atom is 0.256 e. The van der Waals surface area contributed by atoms with Crippen molar-refractivity contribution in [3.8, 4) is 0 Å². The predicted molar refractivity (Wildman–Crippen MR) is 68.1 cm³/mol. The first-order chi connectivity index (χ1) is 8.22. The Morgan fingerprint density at radius 2 is 2.35 bits per heavy atom. The zero-order valence-corrected chi connectivity index (χ0v) is 10.3. The van der Waals surface area contributed by atoms with E-state index in [1.807, 2.05) is 6.92 Å². The summed E-state index contributed by atoms with van der Waals surface area (Å²) in [7, 11) is 0. The molecule has 1 aromatic heterocycles. The lowest BCUT2D eigenvalue weighted by Gasteiger charge is -2.22. The van der Waals surface area contributed by atoms with Crippen LogP contribution in [-0.4, -0.2) is 23.1 Å². The molecule has 1 aromatic rings. The van der Waals surface area contributed by atoms with Gasteiger partial charge in [-0.1, -0.05) is 13.3 Å². The van der Waals surface area contributed by atoms with Gasteiger partial charge in [0.05, 0.1) is 5.56 Å². The second kappa shape index (κ2) is 5.31. The number of nitrogens with two attached hydrogens (primary N) is 1. The second-order valence-corrected chi connectivity index (χ2v) is 4.61. The summed E-state index contributed by atoms with van der Waals surface area (Å²) in [6.07, 6.45) is 3.77. The Bertz CT molecular complexity index is 435. The molecule has 94 valence electrons. The largest absolute Gasteiger partial charge is 0.383 e. The number of nitrogens with zero attached hydrogens (tertiary/aromatic N) is 1. The van der Waals surface area contributed by atoms with Crippen LogP contribution in [0.25, 0.3) is 0 Å². The minimum absolute atomic E-state index is 0.0695. The van der Waals surface area contributed by atoms with Gasteiger partial charge in [0.1, 0.15) is 11.6 Å². The molecule has 17 heavy (non-hydrogen) atoms. The van der Waals surface area contributed by atoms with Crippen LogP contribution in [0.1, 0.15) is 43.5 Å². The van der Waals surface area contributed by atoms with Gasteiger partial charge in [-0.05, 0) is 25.8 Å². The summed E-state index contributed by atoms with van der Waals surface area (Å²) in [5.41, 5.74) is 6.42. The average Bonchev–Trinajstić information content (AvgIpc) is 2.35. The fraction of sp³-hybridized carbons (Fsp3) is 0.667. The molecule has 0 saturated carbocycles. The molecule has 5 heteroatoms. The third-order valence-electron chi connectivity index (χ3n) is 3.25. The SMILES string of the molecule is CCCc1c(N)nc(C2CCCNC2)[nH]c1=O. The fourth-order valence-corrected chi connectivity index (χ4v) is 2.30. The normalized spacial score (nSPS) is 20.4. The lowest BCUT2D eigenvalue weighted by atomic mass is 9.98. The topological polar surface area (TPSA) is 83.8 Å². The van der Waals surface area contributed by atoms with Gasteiger partial charge >= 0.3 is 0 Å². The Labute approximate surface area is 101 Å². The molecule has 1 saturated heterocycles. The Morgan fingerprint density at radius 3 is 2.94 bits per heavy atom. The van der Waals surface area contributed by atoms with Crippen molar-refractivity contribution in [2.24, 2.45) is 0 Å². The maximum atomic E-state index is 11.9. The minimum Gasteiger partial charge on any atom is -0.383 e. The molecule has 1 aliphatic rings. The van der Waals surface area contributed by atoms with E-state index in [-0.39, 0.29) is 11.5 Å². The van der Waals surface area contributed by atoms with Gasteiger partial charge in [0.25, 0.3) is 5.56 Å². The second-order valence-electron chi connectivity index (χ2n) is 4.61. The van der Waals surface area contributed by atoms with Gasteiger partial charge in [-0.2, -0.15) is 0 Å². The predicted octanol–water partition coefficient (Wildman–Crippen LogP) is 0.772. The zero-order chi connectivity index (χ0) is 12.3. The van der Waals surface area contributed by atoms with Crippen molar-refractivity contribution in [2.45, 2.75) is 38.5 Å². The monoisotopic (exact) mass is 236 g/mol. The Morgan fingerprint density at radius 1 is 1.53 bits per heavy atom. The van der Waals surface area contributed by atoms with Crippen molar-refractivity contribution < 1.29 is 0 Å². The van der Waals surface area contributed by atoms with Crippen LogP contribution >= 0.6 is 0 Å². The van der Waals surface area contributed by atoms with E-state index in [1.165, 1.54) is 0 Å². The minimum atomic E-state index is -0.0695. The smallest absolute Gasteiger partial charge is 0.256 e. The van der Waals surface area contributed by atoms with Gasteiger partial charge in [-0.3, -0.25) is 4.79 Å². The van der Waals surface area contributed by atoms with Gasteiger partial charge in [-0.15, -0.1) is 0 Å². The summed E-state index contributed by atoms with van der Waals surface area (Å²) >= 11 is 0. The third-order valence-corrected chi connectivity index (χ3v) is 3.25. The van der Waals surface area contributed by atoms with Crippen molar-refractivity contribution in [3.63, 3.8) is 0 Å². The number of anilines is 1. The summed E-state index contributed by atoms with van der Waals surface area (Å²) in [4.78, 5) is 19.1. The summed E-state index contributed by atoms with van der Waals surface area (Å²) in [6, 6.07) is 0. The summed E-state index contributed by atoms with van der Waals surface area (Å²) < 4.78 is 0. The standard InChI is InChI=1S/C12H20N4O/c1-2-4-9-10(13)15-11(16-12(9)17)8-5-3-6-14-7-8/h8,14H,2-7H2,1H3,(H3,13,15,16,17). The summed E-state index contributed by atoms with van der Waals surface area (Å²) in [6.45, 7) is 3.94. The number of nitrogen functional groups attached to an aromatic ring is 1. The molecule has 1 atom stereocenters. The Kier molecular flexibility index (Phi) is 3.78. The van der Waals surface area contributed by atoms with E-state index >= 15 is 0 Å². The Hall–Kier alpha value is -1.36. The molecular weight excluding hydrogens is 216 g/mol. The van der Waals surface area contributed by atoms with Gasteiger partial charge in [0.15, 0.2) is 0 Å². The number of aromatic nitrogens is 2. The zero-order valence-electron chi connectivity index (χ0n) is 10.3. The number of hydrogen-bond donors (Lipinski definition) is 3. The van der Waals surface area contributed by atoms with Crippen LogP contribution in [0.5, 0.6) is 0 Å². The lowest BCUT2D eigenvalue weighted by Crippen LogP contribution is -2.31. The van der Waals surface area contributed by atoms with E-state index < -0.39 is 0 Å². The first-order valence-electron chi connectivity index (χ1n) is 6.31. The lowest BCUT2D eigenvalue weighted by molar-refractivity contribution is 0.445. The van der Waals surface area contributed by atoms with Crippen LogP contribution < -0.4 is 16.6 Å². The molecule has 2 heterocycles.